The monoisotopic (exact) mass is 280 g/mol. The highest BCUT2D eigenvalue weighted by molar-refractivity contribution is 5.13. The summed E-state index contributed by atoms with van der Waals surface area (Å²) in [4.78, 5) is 0. The van der Waals surface area contributed by atoms with E-state index in [1.807, 2.05) is 6.92 Å². The summed E-state index contributed by atoms with van der Waals surface area (Å²) in [6.45, 7) is 9.74. The molecule has 1 N–H and O–H groups in total. The van der Waals surface area contributed by atoms with Crippen molar-refractivity contribution in [2.75, 3.05) is 6.61 Å². The number of aliphatic hydroxyl groups excluding tert-OH is 1. The number of fused-ring (bicyclic) bond motifs is 1. The van der Waals surface area contributed by atoms with Gasteiger partial charge in [-0.25, -0.2) is 0 Å². The van der Waals surface area contributed by atoms with Crippen LogP contribution in [-0.2, 0) is 4.74 Å². The number of ether oxygens (including phenoxy) is 1. The second-order valence-electron chi connectivity index (χ2n) is 9.03. The smallest absolute Gasteiger partial charge is 0.0745 e. The van der Waals surface area contributed by atoms with E-state index in [-0.39, 0.29) is 6.10 Å². The molecule has 0 aromatic carbocycles. The molecule has 2 heteroatoms. The molecule has 2 bridgehead atoms. The highest BCUT2D eigenvalue weighted by Crippen LogP contribution is 2.69. The molecule has 0 heterocycles. The lowest BCUT2D eigenvalue weighted by molar-refractivity contribution is -0.124. The lowest BCUT2D eigenvalue weighted by Gasteiger charge is -2.56. The molecule has 2 nitrogen and oxygen atoms in total. The third kappa shape index (κ3) is 2.23. The molecular formula is C18H32O2. The summed E-state index contributed by atoms with van der Waals surface area (Å²) in [5, 5.41) is 9.59. The van der Waals surface area contributed by atoms with Gasteiger partial charge in [0, 0.05) is 5.41 Å². The van der Waals surface area contributed by atoms with E-state index < -0.39 is 0 Å². The summed E-state index contributed by atoms with van der Waals surface area (Å²) >= 11 is 0. The minimum absolute atomic E-state index is 0.341. The first-order valence-corrected chi connectivity index (χ1v) is 8.57. The standard InChI is InChI=1S/C18H32O2/c1-13(19)11-20-15-10-16(2,3)14-6-9-17(4)7-5-8-18(14,15)12-17/h13-15,19H,5-12H2,1-4H3/t13-,14?,15?,17?,18?/m1/s1. The Morgan fingerprint density at radius 3 is 2.65 bits per heavy atom. The van der Waals surface area contributed by atoms with Gasteiger partial charge in [0.05, 0.1) is 18.8 Å². The molecule has 0 aromatic heterocycles. The first-order chi connectivity index (χ1) is 9.28. The maximum Gasteiger partial charge on any atom is 0.0745 e. The Morgan fingerprint density at radius 2 is 1.95 bits per heavy atom. The van der Waals surface area contributed by atoms with Crippen LogP contribution < -0.4 is 0 Å². The van der Waals surface area contributed by atoms with E-state index in [2.05, 4.69) is 20.8 Å². The first kappa shape index (κ1) is 14.8. The molecule has 0 aliphatic heterocycles. The molecule has 0 radical (unpaired) electrons. The van der Waals surface area contributed by atoms with Gasteiger partial charge in [-0.1, -0.05) is 27.2 Å². The summed E-state index contributed by atoms with van der Waals surface area (Å²) in [5.41, 5.74) is 1.37. The van der Waals surface area contributed by atoms with Crippen molar-refractivity contribution in [1.29, 1.82) is 0 Å². The number of hydrogen-bond donors (Lipinski definition) is 1. The van der Waals surface area contributed by atoms with Crippen LogP contribution in [0.2, 0.25) is 0 Å². The molecule has 3 fully saturated rings. The van der Waals surface area contributed by atoms with Crippen LogP contribution in [0.15, 0.2) is 0 Å². The average molecular weight is 280 g/mol. The zero-order valence-electron chi connectivity index (χ0n) is 13.7. The number of rotatable bonds is 3. The van der Waals surface area contributed by atoms with Crippen LogP contribution in [0.4, 0.5) is 0 Å². The van der Waals surface area contributed by atoms with E-state index in [9.17, 15) is 5.11 Å². The highest BCUT2D eigenvalue weighted by Gasteiger charge is 2.63. The fourth-order valence-electron chi connectivity index (χ4n) is 6.08. The second-order valence-corrected chi connectivity index (χ2v) is 9.03. The summed E-state index contributed by atoms with van der Waals surface area (Å²) in [7, 11) is 0. The third-order valence-electron chi connectivity index (χ3n) is 6.74. The highest BCUT2D eigenvalue weighted by atomic mass is 16.5. The minimum Gasteiger partial charge on any atom is -0.391 e. The predicted octanol–water partition coefficient (Wildman–Crippen LogP) is 4.16. The Bertz CT molecular complexity index is 376. The predicted molar refractivity (Wildman–Crippen MR) is 81.6 cm³/mol. The van der Waals surface area contributed by atoms with Crippen LogP contribution >= 0.6 is 0 Å². The quantitative estimate of drug-likeness (QED) is 0.841. The molecule has 4 unspecified atom stereocenters. The van der Waals surface area contributed by atoms with E-state index in [4.69, 9.17) is 4.74 Å². The molecule has 116 valence electrons. The Balaban J connectivity index is 1.88. The summed E-state index contributed by atoms with van der Waals surface area (Å²) in [6.07, 6.45) is 9.50. The fourth-order valence-corrected chi connectivity index (χ4v) is 6.08. The van der Waals surface area contributed by atoms with Gasteiger partial charge in [-0.3, -0.25) is 0 Å². The topological polar surface area (TPSA) is 29.5 Å². The van der Waals surface area contributed by atoms with Gasteiger partial charge in [0.25, 0.3) is 0 Å². The summed E-state index contributed by atoms with van der Waals surface area (Å²) < 4.78 is 6.24. The third-order valence-corrected chi connectivity index (χ3v) is 6.74. The minimum atomic E-state index is -0.341. The largest absolute Gasteiger partial charge is 0.391 e. The zero-order chi connectivity index (χ0) is 14.6. The van der Waals surface area contributed by atoms with Crippen LogP contribution in [0.5, 0.6) is 0 Å². The lowest BCUT2D eigenvalue weighted by Crippen LogP contribution is -2.49. The summed E-state index contributed by atoms with van der Waals surface area (Å²) in [6, 6.07) is 0. The van der Waals surface area contributed by atoms with E-state index in [1.165, 1.54) is 44.9 Å². The van der Waals surface area contributed by atoms with Gasteiger partial charge in [0.15, 0.2) is 0 Å². The van der Waals surface area contributed by atoms with Gasteiger partial charge >= 0.3 is 0 Å². The second kappa shape index (κ2) is 4.71. The van der Waals surface area contributed by atoms with Crippen molar-refractivity contribution in [1.82, 2.24) is 0 Å². The molecule has 0 saturated heterocycles. The van der Waals surface area contributed by atoms with Crippen LogP contribution in [-0.4, -0.2) is 23.9 Å². The fraction of sp³-hybridized carbons (Fsp3) is 1.00. The molecule has 0 amide bonds. The van der Waals surface area contributed by atoms with E-state index in [0.29, 0.717) is 29.0 Å². The normalized spacial score (nSPS) is 47.9. The molecule has 20 heavy (non-hydrogen) atoms. The first-order valence-electron chi connectivity index (χ1n) is 8.57. The van der Waals surface area contributed by atoms with Crippen molar-refractivity contribution in [3.8, 4) is 0 Å². The van der Waals surface area contributed by atoms with Crippen molar-refractivity contribution in [2.24, 2.45) is 22.2 Å². The molecular weight excluding hydrogens is 248 g/mol. The molecule has 5 atom stereocenters. The van der Waals surface area contributed by atoms with Crippen molar-refractivity contribution in [3.63, 3.8) is 0 Å². The average Bonchev–Trinajstić information content (AvgIpc) is 2.52. The maximum absolute atomic E-state index is 9.59. The maximum atomic E-state index is 9.59. The lowest BCUT2D eigenvalue weighted by atomic mass is 9.50. The van der Waals surface area contributed by atoms with Gasteiger partial charge in [-0.2, -0.15) is 0 Å². The zero-order valence-corrected chi connectivity index (χ0v) is 13.7. The number of aliphatic hydroxyl groups is 1. The van der Waals surface area contributed by atoms with Crippen molar-refractivity contribution < 1.29 is 9.84 Å². The van der Waals surface area contributed by atoms with Crippen LogP contribution in [0.1, 0.15) is 72.6 Å². The van der Waals surface area contributed by atoms with Gasteiger partial charge in [0.1, 0.15) is 0 Å². The van der Waals surface area contributed by atoms with Gasteiger partial charge < -0.3 is 9.84 Å². The van der Waals surface area contributed by atoms with Crippen molar-refractivity contribution >= 4 is 0 Å². The van der Waals surface area contributed by atoms with Crippen LogP contribution in [0.3, 0.4) is 0 Å². The molecule has 1 spiro atoms. The van der Waals surface area contributed by atoms with Gasteiger partial charge in [0.2, 0.25) is 0 Å². The van der Waals surface area contributed by atoms with Crippen molar-refractivity contribution in [3.05, 3.63) is 0 Å². The van der Waals surface area contributed by atoms with Gasteiger partial charge in [-0.15, -0.1) is 0 Å². The van der Waals surface area contributed by atoms with Crippen molar-refractivity contribution in [2.45, 2.75) is 84.8 Å². The van der Waals surface area contributed by atoms with Crippen LogP contribution in [0, 0.1) is 22.2 Å². The summed E-state index contributed by atoms with van der Waals surface area (Å²) in [5.74, 6) is 0.822. The van der Waals surface area contributed by atoms with E-state index in [1.54, 1.807) is 0 Å². The van der Waals surface area contributed by atoms with E-state index in [0.717, 1.165) is 5.92 Å². The molecule has 0 aromatic rings. The molecule has 3 rings (SSSR count). The van der Waals surface area contributed by atoms with Gasteiger partial charge in [-0.05, 0) is 62.2 Å². The van der Waals surface area contributed by atoms with Crippen LogP contribution in [0.25, 0.3) is 0 Å². The molecule has 3 saturated carbocycles. The Morgan fingerprint density at radius 1 is 1.20 bits per heavy atom. The Labute approximate surface area is 124 Å². The molecule has 3 aliphatic carbocycles. The van der Waals surface area contributed by atoms with E-state index >= 15 is 0 Å². The SMILES string of the molecule is C[C@@H](O)COC1CC(C)(C)C2CCC3(C)CCCC12C3. The Hall–Kier alpha value is -0.0800. The molecule has 3 aliphatic rings. The number of hydrogen-bond acceptors (Lipinski definition) is 2. The Kier molecular flexibility index (Phi) is 3.49.